The highest BCUT2D eigenvalue weighted by atomic mass is 16.5. The van der Waals surface area contributed by atoms with E-state index in [1.165, 1.54) is 0 Å². The van der Waals surface area contributed by atoms with Crippen molar-refractivity contribution in [3.63, 3.8) is 0 Å². The van der Waals surface area contributed by atoms with Crippen molar-refractivity contribution in [1.29, 1.82) is 0 Å². The third-order valence-corrected chi connectivity index (χ3v) is 14.6. The largest absolute Gasteiger partial charge is 0.377 e. The van der Waals surface area contributed by atoms with Gasteiger partial charge < -0.3 is 20.3 Å². The van der Waals surface area contributed by atoms with E-state index in [0.717, 1.165) is 38.5 Å². The first-order valence-corrected chi connectivity index (χ1v) is 19.7. The summed E-state index contributed by atoms with van der Waals surface area (Å²) in [5, 5.41) is 0. The Morgan fingerprint density at radius 3 is 2.00 bits per heavy atom. The number of ketones is 3. The molecule has 5 atom stereocenters. The molecule has 1 unspecified atom stereocenters. The van der Waals surface area contributed by atoms with Crippen LogP contribution in [0.25, 0.3) is 0 Å². The van der Waals surface area contributed by atoms with E-state index in [-0.39, 0.29) is 64.8 Å². The molecule has 0 aromatic heterocycles. The first-order valence-electron chi connectivity index (χ1n) is 19.7. The third kappa shape index (κ3) is 6.96. The fraction of sp³-hybridized carbons (Fsp3) is 0.854. The summed E-state index contributed by atoms with van der Waals surface area (Å²) in [5.41, 5.74) is 4.21. The zero-order valence-corrected chi connectivity index (χ0v) is 32.9. The predicted molar refractivity (Wildman–Crippen MR) is 194 cm³/mol. The van der Waals surface area contributed by atoms with Gasteiger partial charge in [0.1, 0.15) is 5.78 Å². The van der Waals surface area contributed by atoms with Gasteiger partial charge in [0.15, 0.2) is 5.78 Å². The van der Waals surface area contributed by atoms with Gasteiger partial charge in [-0.05, 0) is 67.6 Å². The van der Waals surface area contributed by atoms with Gasteiger partial charge in [0, 0.05) is 55.5 Å². The van der Waals surface area contributed by atoms with Crippen LogP contribution in [0.3, 0.4) is 0 Å². The van der Waals surface area contributed by atoms with Gasteiger partial charge in [0.25, 0.3) is 5.91 Å². The number of morpholine rings is 1. The topological polar surface area (TPSA) is 144 Å². The summed E-state index contributed by atoms with van der Waals surface area (Å²) >= 11 is 0. The Morgan fingerprint density at radius 1 is 0.882 bits per heavy atom. The summed E-state index contributed by atoms with van der Waals surface area (Å²) in [4.78, 5) is 85.9. The summed E-state index contributed by atoms with van der Waals surface area (Å²) in [7, 11) is 0. The van der Waals surface area contributed by atoms with Crippen LogP contribution in [0.4, 0.5) is 0 Å². The maximum absolute atomic E-state index is 14.9. The number of primary amides is 1. The predicted octanol–water partition coefficient (Wildman–Crippen LogP) is 5.53. The van der Waals surface area contributed by atoms with Crippen molar-refractivity contribution in [2.24, 2.45) is 57.0 Å². The van der Waals surface area contributed by atoms with Crippen LogP contribution >= 0.6 is 0 Å². The van der Waals surface area contributed by atoms with Gasteiger partial charge in [-0.25, -0.2) is 0 Å². The van der Waals surface area contributed by atoms with E-state index in [4.69, 9.17) is 10.5 Å². The van der Waals surface area contributed by atoms with Crippen molar-refractivity contribution < 1.29 is 33.5 Å². The summed E-state index contributed by atoms with van der Waals surface area (Å²) in [5.74, 6) is -4.06. The number of likely N-dealkylation sites (tertiary alicyclic amines) is 1. The summed E-state index contributed by atoms with van der Waals surface area (Å²) < 4.78 is 5.64. The van der Waals surface area contributed by atoms with Crippen LogP contribution < -0.4 is 5.73 Å². The number of carbonyl (C=O) groups is 6. The number of amides is 3. The molecule has 10 heteroatoms. The van der Waals surface area contributed by atoms with Crippen LogP contribution in [-0.2, 0) is 33.5 Å². The van der Waals surface area contributed by atoms with Gasteiger partial charge in [-0.1, -0.05) is 74.1 Å². The monoisotopic (exact) mass is 711 g/mol. The zero-order valence-electron chi connectivity index (χ0n) is 32.9. The maximum atomic E-state index is 14.9. The number of carbonyl (C=O) groups excluding carboxylic acids is 6. The Bertz CT molecular complexity index is 1420. The molecular formula is C41H65N3O7. The second-order valence-corrected chi connectivity index (χ2v) is 19.5. The van der Waals surface area contributed by atoms with E-state index in [9.17, 15) is 28.8 Å². The molecule has 0 radical (unpaired) electrons. The zero-order chi connectivity index (χ0) is 37.9. The minimum atomic E-state index is -1.01. The van der Waals surface area contributed by atoms with E-state index >= 15 is 0 Å². The first kappa shape index (κ1) is 39.6. The fourth-order valence-electron chi connectivity index (χ4n) is 10.7. The van der Waals surface area contributed by atoms with Gasteiger partial charge in [-0.3, -0.25) is 28.8 Å². The lowest BCUT2D eigenvalue weighted by atomic mass is 9.73. The summed E-state index contributed by atoms with van der Waals surface area (Å²) in [6.45, 7) is 20.1. The van der Waals surface area contributed by atoms with Gasteiger partial charge in [-0.15, -0.1) is 0 Å². The third-order valence-electron chi connectivity index (χ3n) is 14.6. The number of fused-ring (bicyclic) bond motifs is 1. The van der Waals surface area contributed by atoms with E-state index in [0.29, 0.717) is 45.1 Å². The molecule has 51 heavy (non-hydrogen) atoms. The normalized spacial score (nSPS) is 28.2. The molecule has 2 heterocycles. The Labute approximate surface area is 305 Å². The Morgan fingerprint density at radius 2 is 1.53 bits per heavy atom. The SMILES string of the molecule is CC(C)[C@H](CC(=O)C[C@H](C(=O)N1C[C@]2(C[C@H]1C(=O)CC(CC1CCC1)C(=O)C(N)=O)C(C)(C)C21CCC1)C(C)(C)C)C(=O)N1CCOCC1(C)C. The molecule has 2 saturated heterocycles. The van der Waals surface area contributed by atoms with Crippen molar-refractivity contribution in [2.75, 3.05) is 26.3 Å². The number of ether oxygens (including phenoxy) is 1. The van der Waals surface area contributed by atoms with Crippen LogP contribution in [0.1, 0.15) is 133 Å². The van der Waals surface area contributed by atoms with E-state index in [1.807, 2.05) is 53.4 Å². The van der Waals surface area contributed by atoms with Crippen molar-refractivity contribution >= 4 is 35.1 Å². The van der Waals surface area contributed by atoms with Crippen molar-refractivity contribution in [3.8, 4) is 0 Å². The number of hydrogen-bond donors (Lipinski definition) is 1. The second-order valence-electron chi connectivity index (χ2n) is 19.5. The Balaban J connectivity index is 1.39. The van der Waals surface area contributed by atoms with Crippen LogP contribution in [0, 0.1) is 51.2 Å². The number of nitrogens with zero attached hydrogens (tertiary/aromatic N) is 2. The van der Waals surface area contributed by atoms with Gasteiger partial charge in [0.05, 0.1) is 24.8 Å². The molecule has 2 spiro atoms. The Kier molecular flexibility index (Phi) is 10.9. The highest BCUT2D eigenvalue weighted by Gasteiger charge is 2.85. The molecule has 0 aromatic rings. The smallest absolute Gasteiger partial charge is 0.285 e. The number of Topliss-reactive ketones (excluding diaryl/α,β-unsaturated/α-hetero) is 3. The molecule has 0 aromatic carbocycles. The van der Waals surface area contributed by atoms with Crippen molar-refractivity contribution in [3.05, 3.63) is 0 Å². The quantitative estimate of drug-likeness (QED) is 0.234. The molecule has 5 rings (SSSR count). The van der Waals surface area contributed by atoms with Crippen LogP contribution in [0.2, 0.25) is 0 Å². The standard InChI is InChI=1S/C41H65N3O7/c1-25(2)29(35(49)44-16-17-51-24-38(44,6)7)20-28(45)21-30(37(3,4)5)36(50)43-23-41(39(8,9)40(41)14-11-15-40)22-31(43)32(46)19-27(33(47)34(42)48)18-26-12-10-13-26/h25-27,29-31H,10-24H2,1-9H3,(H2,42,48)/t27?,29-,30+,31-,41+/m0/s1. The van der Waals surface area contributed by atoms with Gasteiger partial charge >= 0.3 is 0 Å². The highest BCUT2D eigenvalue weighted by molar-refractivity contribution is 6.36. The first-order chi connectivity index (χ1) is 23.6. The maximum Gasteiger partial charge on any atom is 0.285 e. The van der Waals surface area contributed by atoms with Crippen LogP contribution in [-0.4, -0.2) is 82.8 Å². The van der Waals surface area contributed by atoms with Gasteiger partial charge in [0.2, 0.25) is 17.6 Å². The molecule has 10 nitrogen and oxygen atoms in total. The van der Waals surface area contributed by atoms with Crippen LogP contribution in [0.5, 0.6) is 0 Å². The van der Waals surface area contributed by atoms with E-state index < -0.39 is 46.4 Å². The minimum absolute atomic E-state index is 0.0191. The minimum Gasteiger partial charge on any atom is -0.377 e. The molecule has 0 bridgehead atoms. The number of nitrogens with two attached hydrogens (primary N) is 1. The average molecular weight is 712 g/mol. The lowest BCUT2D eigenvalue weighted by molar-refractivity contribution is -0.154. The Hall–Kier alpha value is -2.62. The molecule has 5 fully saturated rings. The summed E-state index contributed by atoms with van der Waals surface area (Å²) in [6.07, 6.45) is 7.21. The molecule has 3 saturated carbocycles. The second kappa shape index (κ2) is 14.0. The molecule has 3 aliphatic carbocycles. The molecule has 286 valence electrons. The highest BCUT2D eigenvalue weighted by Crippen LogP contribution is 2.88. The van der Waals surface area contributed by atoms with E-state index in [1.54, 1.807) is 4.90 Å². The summed E-state index contributed by atoms with van der Waals surface area (Å²) in [6, 6.07) is -0.727. The molecule has 2 N–H and O–H groups in total. The van der Waals surface area contributed by atoms with E-state index in [2.05, 4.69) is 13.8 Å². The number of rotatable bonds is 14. The molecule has 3 amide bonds. The molecular weight excluding hydrogens is 646 g/mol. The van der Waals surface area contributed by atoms with Crippen molar-refractivity contribution in [1.82, 2.24) is 9.80 Å². The molecule has 5 aliphatic rings. The van der Waals surface area contributed by atoms with Crippen LogP contribution in [0.15, 0.2) is 0 Å². The fourth-order valence-corrected chi connectivity index (χ4v) is 10.7. The van der Waals surface area contributed by atoms with Crippen molar-refractivity contribution in [2.45, 2.75) is 145 Å². The lowest BCUT2D eigenvalue weighted by Crippen LogP contribution is -2.57. The molecule has 2 aliphatic heterocycles. The lowest BCUT2D eigenvalue weighted by Gasteiger charge is -2.44. The van der Waals surface area contributed by atoms with Gasteiger partial charge in [-0.2, -0.15) is 0 Å². The average Bonchev–Trinajstić information content (AvgIpc) is 3.20. The number of hydrogen-bond acceptors (Lipinski definition) is 7.